The maximum absolute atomic E-state index is 12.7. The summed E-state index contributed by atoms with van der Waals surface area (Å²) in [6.45, 7) is 3.61. The fourth-order valence-electron chi connectivity index (χ4n) is 9.50. The quantitative estimate of drug-likeness (QED) is 0.0264. The second kappa shape index (κ2) is 66.1. The number of carbonyl (C=O) groups is 2. The first-order valence-corrected chi connectivity index (χ1v) is 35.2. The third-order valence-corrected chi connectivity index (χ3v) is 15.4. The Kier molecular flexibility index (Phi) is 63.6. The molecule has 0 aliphatic heterocycles. The van der Waals surface area contributed by atoms with Crippen molar-refractivity contribution in [3.8, 4) is 0 Å². The number of nitrogens with two attached hydrogens (primary N) is 1. The molecule has 2 unspecified atom stereocenters. The van der Waals surface area contributed by atoms with Crippen LogP contribution in [-0.4, -0.2) is 49.3 Å². The molecule has 9 nitrogen and oxygen atoms in total. The van der Waals surface area contributed by atoms with Crippen LogP contribution in [0, 0.1) is 0 Å². The van der Waals surface area contributed by atoms with Crippen LogP contribution in [0.5, 0.6) is 0 Å². The van der Waals surface area contributed by atoms with Crippen LogP contribution in [0.4, 0.5) is 0 Å². The minimum absolute atomic E-state index is 0.0499. The van der Waals surface area contributed by atoms with Crippen molar-refractivity contribution >= 4 is 19.8 Å². The second-order valence-electron chi connectivity index (χ2n) is 22.3. The van der Waals surface area contributed by atoms with Crippen LogP contribution in [-0.2, 0) is 32.7 Å². The fourth-order valence-corrected chi connectivity index (χ4v) is 10.3. The molecule has 2 atom stereocenters. The molecule has 3 N–H and O–H groups in total. The average molecular weight is 1150 g/mol. The van der Waals surface area contributed by atoms with Crippen molar-refractivity contribution in [1.29, 1.82) is 0 Å². The van der Waals surface area contributed by atoms with Gasteiger partial charge in [0.05, 0.1) is 13.2 Å². The molecule has 81 heavy (non-hydrogen) atoms. The lowest BCUT2D eigenvalue weighted by molar-refractivity contribution is -0.161. The number of phosphoric ester groups is 1. The first-order valence-electron chi connectivity index (χ1n) is 33.7. The Morgan fingerprint density at radius 2 is 0.679 bits per heavy atom. The van der Waals surface area contributed by atoms with E-state index in [0.717, 1.165) is 96.3 Å². The van der Waals surface area contributed by atoms with Gasteiger partial charge >= 0.3 is 19.8 Å². The molecule has 0 fully saturated rings. The largest absolute Gasteiger partial charge is 0.472 e. The molecule has 0 radical (unpaired) electrons. The van der Waals surface area contributed by atoms with Crippen LogP contribution in [0.15, 0.2) is 97.2 Å². The lowest BCUT2D eigenvalue weighted by Gasteiger charge is -2.19. The predicted molar refractivity (Wildman–Crippen MR) is 348 cm³/mol. The highest BCUT2D eigenvalue weighted by atomic mass is 31.2. The zero-order valence-electron chi connectivity index (χ0n) is 52.5. The highest BCUT2D eigenvalue weighted by molar-refractivity contribution is 7.47. The SMILES string of the molecule is CC/C=C\C/C=C\C/C=C\C/C=C\C/C=C\CCCCCCCCCCCCCCCCCCCCCCCCCCCC(=O)OC(COC(=O)CCCCCCCC/C=C\C/C=C\C/C=C\CCCCC)COP(=O)(O)OCCN. The van der Waals surface area contributed by atoms with Gasteiger partial charge < -0.3 is 20.1 Å². The Labute approximate surface area is 499 Å². The summed E-state index contributed by atoms with van der Waals surface area (Å²) in [5.74, 6) is -0.833. The Bertz CT molecular complexity index is 1650. The molecule has 0 saturated carbocycles. The third kappa shape index (κ3) is 65.9. The van der Waals surface area contributed by atoms with Crippen LogP contribution < -0.4 is 5.73 Å². The summed E-state index contributed by atoms with van der Waals surface area (Å²) in [5, 5.41) is 0. The Morgan fingerprint density at radius 1 is 0.383 bits per heavy atom. The summed E-state index contributed by atoms with van der Waals surface area (Å²) >= 11 is 0. The molecular formula is C71H126NO8P. The molecule has 0 amide bonds. The molecule has 0 spiro atoms. The van der Waals surface area contributed by atoms with E-state index in [1.165, 1.54) is 180 Å². The Hall–Kier alpha value is -3.07. The van der Waals surface area contributed by atoms with Crippen molar-refractivity contribution in [3.05, 3.63) is 97.2 Å². The molecular weight excluding hydrogens is 1030 g/mol. The van der Waals surface area contributed by atoms with E-state index in [1.54, 1.807) is 0 Å². The van der Waals surface area contributed by atoms with Crippen molar-refractivity contribution in [3.63, 3.8) is 0 Å². The molecule has 0 saturated heterocycles. The van der Waals surface area contributed by atoms with Gasteiger partial charge in [-0.3, -0.25) is 18.6 Å². The van der Waals surface area contributed by atoms with Gasteiger partial charge in [-0.15, -0.1) is 0 Å². The van der Waals surface area contributed by atoms with Gasteiger partial charge in [-0.2, -0.15) is 0 Å². The van der Waals surface area contributed by atoms with Gasteiger partial charge in [-0.05, 0) is 96.3 Å². The van der Waals surface area contributed by atoms with E-state index in [-0.39, 0.29) is 32.6 Å². The summed E-state index contributed by atoms with van der Waals surface area (Å²) in [6.07, 6.45) is 89.3. The minimum Gasteiger partial charge on any atom is -0.462 e. The number of hydrogen-bond donors (Lipinski definition) is 2. The highest BCUT2D eigenvalue weighted by Crippen LogP contribution is 2.43. The Morgan fingerprint density at radius 3 is 1.01 bits per heavy atom. The second-order valence-corrected chi connectivity index (χ2v) is 23.8. The van der Waals surface area contributed by atoms with E-state index in [9.17, 15) is 19.0 Å². The van der Waals surface area contributed by atoms with E-state index < -0.39 is 32.5 Å². The lowest BCUT2D eigenvalue weighted by atomic mass is 10.0. The third-order valence-electron chi connectivity index (χ3n) is 14.5. The standard InChI is InChI=1S/C71H126NO8P/c1-3-5-7-9-11-13-15-17-19-21-23-24-25-26-27-28-29-30-31-32-33-34-35-36-37-38-39-40-41-42-43-44-46-48-50-52-54-56-58-60-62-64-71(74)80-69(68-79-81(75,76)78-66-65-72)67-77-70(73)63-61-59-57-55-53-51-49-47-45-22-20-18-16-14-12-10-8-6-4-2/h5,7,11-14,17-20,23-24,26-27,45,47,69H,3-4,6,8-10,15-16,21-22,25,28-44,46,48-68,72H2,1-2H3,(H,75,76)/b7-5-,13-11-,14-12-,19-17-,20-18-,24-23-,27-26-,47-45-. The van der Waals surface area contributed by atoms with Crippen LogP contribution in [0.1, 0.15) is 309 Å². The monoisotopic (exact) mass is 1150 g/mol. The van der Waals surface area contributed by atoms with Crippen molar-refractivity contribution in [2.24, 2.45) is 5.73 Å². The first kappa shape index (κ1) is 77.9. The van der Waals surface area contributed by atoms with Crippen molar-refractivity contribution in [2.75, 3.05) is 26.4 Å². The summed E-state index contributed by atoms with van der Waals surface area (Å²) in [5.41, 5.74) is 5.39. The molecule has 0 aliphatic rings. The van der Waals surface area contributed by atoms with Gasteiger partial charge in [-0.1, -0.05) is 297 Å². The number of hydrogen-bond acceptors (Lipinski definition) is 8. The molecule has 0 heterocycles. The Balaban J connectivity index is 3.80. The number of unbranched alkanes of at least 4 members (excludes halogenated alkanes) is 34. The number of phosphoric acid groups is 1. The highest BCUT2D eigenvalue weighted by Gasteiger charge is 2.26. The summed E-state index contributed by atoms with van der Waals surface area (Å²) in [7, 11) is -4.40. The zero-order valence-corrected chi connectivity index (χ0v) is 53.4. The van der Waals surface area contributed by atoms with E-state index in [2.05, 4.69) is 111 Å². The first-order chi connectivity index (χ1) is 39.8. The number of allylic oxidation sites excluding steroid dienone is 16. The summed E-state index contributed by atoms with van der Waals surface area (Å²) < 4.78 is 33.1. The molecule has 0 aromatic carbocycles. The van der Waals surface area contributed by atoms with Crippen LogP contribution in [0.25, 0.3) is 0 Å². The van der Waals surface area contributed by atoms with E-state index in [4.69, 9.17) is 24.3 Å². The van der Waals surface area contributed by atoms with Gasteiger partial charge in [0, 0.05) is 19.4 Å². The normalized spacial score (nSPS) is 13.6. The van der Waals surface area contributed by atoms with Gasteiger partial charge in [-0.25, -0.2) is 4.57 Å². The fraction of sp³-hybridized carbons (Fsp3) is 0.746. The number of carbonyl (C=O) groups excluding carboxylic acids is 2. The van der Waals surface area contributed by atoms with Gasteiger partial charge in [0.15, 0.2) is 6.10 Å². The molecule has 0 bridgehead atoms. The van der Waals surface area contributed by atoms with Gasteiger partial charge in [0.2, 0.25) is 0 Å². The summed E-state index contributed by atoms with van der Waals surface area (Å²) in [6, 6.07) is 0. The zero-order chi connectivity index (χ0) is 58.7. The van der Waals surface area contributed by atoms with E-state index >= 15 is 0 Å². The van der Waals surface area contributed by atoms with Gasteiger partial charge in [0.1, 0.15) is 6.61 Å². The van der Waals surface area contributed by atoms with Crippen molar-refractivity contribution in [1.82, 2.24) is 0 Å². The molecule has 0 rings (SSSR count). The van der Waals surface area contributed by atoms with Crippen LogP contribution in [0.3, 0.4) is 0 Å². The van der Waals surface area contributed by atoms with E-state index in [1.807, 2.05) is 0 Å². The summed E-state index contributed by atoms with van der Waals surface area (Å²) in [4.78, 5) is 35.3. The topological polar surface area (TPSA) is 134 Å². The number of ether oxygens (including phenoxy) is 2. The van der Waals surface area contributed by atoms with Crippen molar-refractivity contribution in [2.45, 2.75) is 315 Å². The lowest BCUT2D eigenvalue weighted by Crippen LogP contribution is -2.29. The minimum atomic E-state index is -4.40. The van der Waals surface area contributed by atoms with Crippen LogP contribution >= 0.6 is 7.82 Å². The maximum atomic E-state index is 12.7. The molecule has 468 valence electrons. The van der Waals surface area contributed by atoms with Crippen molar-refractivity contribution < 1.29 is 37.6 Å². The molecule has 0 aromatic rings. The molecule has 10 heteroatoms. The van der Waals surface area contributed by atoms with E-state index in [0.29, 0.717) is 6.42 Å². The van der Waals surface area contributed by atoms with Gasteiger partial charge in [0.25, 0.3) is 0 Å². The molecule has 0 aromatic heterocycles. The maximum Gasteiger partial charge on any atom is 0.472 e. The number of esters is 2. The average Bonchev–Trinajstić information content (AvgIpc) is 3.46. The molecule has 0 aliphatic carbocycles. The predicted octanol–water partition coefficient (Wildman–Crippen LogP) is 22.0. The smallest absolute Gasteiger partial charge is 0.462 e. The number of rotatable bonds is 63. The van der Waals surface area contributed by atoms with Crippen LogP contribution in [0.2, 0.25) is 0 Å².